The third kappa shape index (κ3) is 3.76. The predicted octanol–water partition coefficient (Wildman–Crippen LogP) is 3.32. The van der Waals surface area contributed by atoms with Gasteiger partial charge < -0.3 is 9.42 Å². The van der Waals surface area contributed by atoms with E-state index in [0.29, 0.717) is 5.89 Å². The number of benzene rings is 1. The van der Waals surface area contributed by atoms with E-state index in [4.69, 9.17) is 16.1 Å². The number of nitrogens with zero attached hydrogens (tertiary/aromatic N) is 3. The second-order valence-corrected chi connectivity index (χ2v) is 5.05. The molecule has 0 N–H and O–H groups in total. The molecule has 2 aromatic rings. The zero-order chi connectivity index (χ0) is 16.5. The van der Waals surface area contributed by atoms with Crippen molar-refractivity contribution in [3.05, 3.63) is 46.1 Å². The van der Waals surface area contributed by atoms with Crippen LogP contribution in [0.2, 0.25) is 5.02 Å². The van der Waals surface area contributed by atoms with Crippen molar-refractivity contribution in [3.63, 3.8) is 0 Å². The van der Waals surface area contributed by atoms with Crippen LogP contribution >= 0.6 is 11.6 Å². The fraction of sp³-hybridized carbons (Fsp3) is 0.308. The van der Waals surface area contributed by atoms with Crippen molar-refractivity contribution in [2.75, 3.05) is 7.05 Å². The van der Waals surface area contributed by atoms with Gasteiger partial charge in [0.2, 0.25) is 5.89 Å². The molecule has 1 heterocycles. The summed E-state index contributed by atoms with van der Waals surface area (Å²) in [6, 6.07) is 2.70. The summed E-state index contributed by atoms with van der Waals surface area (Å²) in [5.74, 6) is -0.0418. The monoisotopic (exact) mass is 333 g/mol. The molecule has 0 bridgehead atoms. The first kappa shape index (κ1) is 16.3. The lowest BCUT2D eigenvalue weighted by molar-refractivity contribution is -0.137. The molecule has 2 rings (SSSR count). The van der Waals surface area contributed by atoms with E-state index in [1.807, 2.05) is 0 Å². The van der Waals surface area contributed by atoms with Crippen LogP contribution in [0.15, 0.2) is 22.7 Å². The maximum atomic E-state index is 12.7. The van der Waals surface area contributed by atoms with Gasteiger partial charge in [-0.15, -0.1) is 0 Å². The van der Waals surface area contributed by atoms with E-state index >= 15 is 0 Å². The zero-order valence-electron chi connectivity index (χ0n) is 11.6. The van der Waals surface area contributed by atoms with Crippen LogP contribution in [-0.2, 0) is 12.7 Å². The van der Waals surface area contributed by atoms with Crippen LogP contribution in [0.1, 0.15) is 27.6 Å². The van der Waals surface area contributed by atoms with Crippen LogP contribution in [0, 0.1) is 6.92 Å². The fourth-order valence-electron chi connectivity index (χ4n) is 1.79. The quantitative estimate of drug-likeness (QED) is 0.864. The number of hydrogen-bond acceptors (Lipinski definition) is 4. The molecule has 0 unspecified atom stereocenters. The van der Waals surface area contributed by atoms with Gasteiger partial charge in [-0.3, -0.25) is 4.79 Å². The molecule has 9 heteroatoms. The molecule has 0 radical (unpaired) electrons. The lowest BCUT2D eigenvalue weighted by Gasteiger charge is -2.16. The van der Waals surface area contributed by atoms with E-state index in [1.165, 1.54) is 18.0 Å². The van der Waals surface area contributed by atoms with E-state index in [2.05, 4.69) is 10.1 Å². The van der Waals surface area contributed by atoms with Crippen molar-refractivity contribution in [1.82, 2.24) is 15.0 Å². The van der Waals surface area contributed by atoms with Crippen LogP contribution in [-0.4, -0.2) is 28.0 Å². The predicted molar refractivity (Wildman–Crippen MR) is 71.3 cm³/mol. The van der Waals surface area contributed by atoms with Crippen LogP contribution < -0.4 is 0 Å². The Labute approximate surface area is 128 Å². The molecule has 0 aliphatic carbocycles. The van der Waals surface area contributed by atoms with Crippen molar-refractivity contribution in [2.24, 2.45) is 0 Å². The number of aryl methyl sites for hydroxylation is 1. The Kier molecular flexibility index (Phi) is 4.41. The first-order chi connectivity index (χ1) is 10.2. The highest BCUT2D eigenvalue weighted by Crippen LogP contribution is 2.32. The van der Waals surface area contributed by atoms with Crippen molar-refractivity contribution >= 4 is 17.5 Å². The molecule has 0 saturated carbocycles. The van der Waals surface area contributed by atoms with Gasteiger partial charge in [0, 0.05) is 24.6 Å². The molecule has 0 atom stereocenters. The maximum absolute atomic E-state index is 12.7. The van der Waals surface area contributed by atoms with Crippen molar-refractivity contribution in [3.8, 4) is 0 Å². The van der Waals surface area contributed by atoms with Gasteiger partial charge in [-0.25, -0.2) is 0 Å². The third-order valence-corrected chi connectivity index (χ3v) is 2.99. The number of carbonyl (C=O) groups excluding carboxylic acids is 1. The molecule has 0 saturated heterocycles. The molecule has 22 heavy (non-hydrogen) atoms. The Balaban J connectivity index is 2.23. The minimum Gasteiger partial charge on any atom is -0.340 e. The molecule has 0 aliphatic rings. The van der Waals surface area contributed by atoms with Crippen molar-refractivity contribution < 1.29 is 22.5 Å². The lowest BCUT2D eigenvalue weighted by atomic mass is 10.1. The second-order valence-electron chi connectivity index (χ2n) is 4.62. The number of rotatable bonds is 3. The number of hydrogen-bond donors (Lipinski definition) is 0. The number of alkyl halides is 3. The summed E-state index contributed by atoms with van der Waals surface area (Å²) in [6.07, 6.45) is -4.58. The van der Waals surface area contributed by atoms with Gasteiger partial charge in [0.25, 0.3) is 5.91 Å². The second kappa shape index (κ2) is 5.96. The normalized spacial score (nSPS) is 11.5. The topological polar surface area (TPSA) is 59.2 Å². The Hall–Kier alpha value is -2.09. The standard InChI is InChI=1S/C13H11ClF3N3O2/c1-7-18-11(19-22-7)6-20(2)12(21)8-3-9(13(15,16)17)5-10(14)4-8/h3-5H,6H2,1-2H3. The van der Waals surface area contributed by atoms with E-state index < -0.39 is 17.6 Å². The molecule has 118 valence electrons. The fourth-order valence-corrected chi connectivity index (χ4v) is 2.02. The molecular weight excluding hydrogens is 323 g/mol. The Morgan fingerprint density at radius 2 is 2.05 bits per heavy atom. The molecule has 1 amide bonds. The summed E-state index contributed by atoms with van der Waals surface area (Å²) < 4.78 is 43.0. The highest BCUT2D eigenvalue weighted by atomic mass is 35.5. The van der Waals surface area contributed by atoms with Gasteiger partial charge >= 0.3 is 6.18 Å². The van der Waals surface area contributed by atoms with Gasteiger partial charge in [0.1, 0.15) is 0 Å². The highest BCUT2D eigenvalue weighted by Gasteiger charge is 2.32. The molecule has 0 fully saturated rings. The molecule has 1 aromatic heterocycles. The minimum absolute atomic E-state index is 0.00401. The smallest absolute Gasteiger partial charge is 0.340 e. The van der Waals surface area contributed by atoms with Gasteiger partial charge in [0.15, 0.2) is 5.82 Å². The van der Waals surface area contributed by atoms with Crippen LogP contribution in [0.25, 0.3) is 0 Å². The van der Waals surface area contributed by atoms with Gasteiger partial charge in [-0.1, -0.05) is 16.8 Å². The minimum atomic E-state index is -4.58. The van der Waals surface area contributed by atoms with Crippen molar-refractivity contribution in [1.29, 1.82) is 0 Å². The van der Waals surface area contributed by atoms with Gasteiger partial charge in [-0.2, -0.15) is 18.2 Å². The van der Waals surface area contributed by atoms with Crippen LogP contribution in [0.5, 0.6) is 0 Å². The molecule has 0 aliphatic heterocycles. The Morgan fingerprint density at radius 3 is 2.59 bits per heavy atom. The summed E-state index contributed by atoms with van der Waals surface area (Å²) >= 11 is 5.66. The first-order valence-electron chi connectivity index (χ1n) is 6.09. The number of carbonyl (C=O) groups is 1. The average Bonchev–Trinajstić information content (AvgIpc) is 2.81. The van der Waals surface area contributed by atoms with Gasteiger partial charge in [0.05, 0.1) is 12.1 Å². The first-order valence-corrected chi connectivity index (χ1v) is 6.47. The van der Waals surface area contributed by atoms with E-state index in [-0.39, 0.29) is 23.0 Å². The SMILES string of the molecule is Cc1nc(CN(C)C(=O)c2cc(Cl)cc(C(F)(F)F)c2)no1. The molecular formula is C13H11ClF3N3O2. The molecule has 1 aromatic carbocycles. The Morgan fingerprint density at radius 1 is 1.36 bits per heavy atom. The summed E-state index contributed by atoms with van der Waals surface area (Å²) in [5.41, 5.74) is -1.14. The lowest BCUT2D eigenvalue weighted by Crippen LogP contribution is -2.27. The summed E-state index contributed by atoms with van der Waals surface area (Å²) in [4.78, 5) is 17.3. The van der Waals surface area contributed by atoms with E-state index in [0.717, 1.165) is 12.1 Å². The zero-order valence-corrected chi connectivity index (χ0v) is 12.4. The largest absolute Gasteiger partial charge is 0.416 e. The van der Waals surface area contributed by atoms with Crippen molar-refractivity contribution in [2.45, 2.75) is 19.6 Å². The highest BCUT2D eigenvalue weighted by molar-refractivity contribution is 6.31. The van der Waals surface area contributed by atoms with E-state index in [1.54, 1.807) is 6.92 Å². The maximum Gasteiger partial charge on any atom is 0.416 e. The van der Waals surface area contributed by atoms with E-state index in [9.17, 15) is 18.0 Å². The van der Waals surface area contributed by atoms with Gasteiger partial charge in [-0.05, 0) is 18.2 Å². The number of amides is 1. The third-order valence-electron chi connectivity index (χ3n) is 2.77. The number of halogens is 4. The summed E-state index contributed by atoms with van der Waals surface area (Å²) in [5, 5.41) is 3.46. The Bertz CT molecular complexity index is 700. The van der Waals surface area contributed by atoms with Crippen LogP contribution in [0.4, 0.5) is 13.2 Å². The number of aromatic nitrogens is 2. The molecule has 5 nitrogen and oxygen atoms in total. The summed E-state index contributed by atoms with van der Waals surface area (Å²) in [7, 11) is 1.42. The molecule has 0 spiro atoms. The average molecular weight is 334 g/mol. The van der Waals surface area contributed by atoms with Crippen LogP contribution in [0.3, 0.4) is 0 Å². The summed E-state index contributed by atoms with van der Waals surface area (Å²) in [6.45, 7) is 1.59.